The molecule has 0 aliphatic rings. The van der Waals surface area contributed by atoms with E-state index in [1.54, 1.807) is 12.1 Å². The van der Waals surface area contributed by atoms with Crippen LogP contribution in [0, 0.1) is 0 Å². The van der Waals surface area contributed by atoms with Gasteiger partial charge in [-0.3, -0.25) is 0 Å². The summed E-state index contributed by atoms with van der Waals surface area (Å²) in [6.07, 6.45) is 0. The van der Waals surface area contributed by atoms with Crippen LogP contribution in [-0.4, -0.2) is 9.97 Å². The molecule has 1 aromatic heterocycles. The van der Waals surface area contributed by atoms with Gasteiger partial charge in [0.15, 0.2) is 0 Å². The molecule has 3 nitrogen and oxygen atoms in total. The van der Waals surface area contributed by atoms with E-state index < -0.39 is 0 Å². The van der Waals surface area contributed by atoms with E-state index >= 15 is 0 Å². The number of nitrogens with one attached hydrogen (secondary N) is 1. The first kappa shape index (κ1) is 13.0. The largest absolute Gasteiger partial charge is 0.399 e. The van der Waals surface area contributed by atoms with E-state index in [1.165, 1.54) is 0 Å². The molecule has 0 aliphatic heterocycles. The van der Waals surface area contributed by atoms with Gasteiger partial charge in [0, 0.05) is 28.3 Å². The number of aromatic amines is 1. The van der Waals surface area contributed by atoms with Crippen molar-refractivity contribution in [2.45, 2.75) is 0 Å². The Morgan fingerprint density at radius 3 is 2.67 bits per heavy atom. The van der Waals surface area contributed by atoms with Gasteiger partial charge in [0.1, 0.15) is 5.82 Å². The molecule has 0 radical (unpaired) electrons. The van der Waals surface area contributed by atoms with E-state index in [0.29, 0.717) is 10.7 Å². The van der Waals surface area contributed by atoms with E-state index in [0.717, 1.165) is 22.4 Å². The number of imidazole rings is 1. The minimum Gasteiger partial charge on any atom is -0.399 e. The summed E-state index contributed by atoms with van der Waals surface area (Å²) >= 11 is 6.14. The van der Waals surface area contributed by atoms with E-state index in [4.69, 9.17) is 17.3 Å². The van der Waals surface area contributed by atoms with Crippen LogP contribution in [0.25, 0.3) is 22.4 Å². The van der Waals surface area contributed by atoms with Crippen molar-refractivity contribution in [3.05, 3.63) is 47.5 Å². The number of nitrogens with two attached hydrogens (primary N) is 1. The maximum Gasteiger partial charge on any atom is 0.140 e. The summed E-state index contributed by atoms with van der Waals surface area (Å²) in [6, 6.07) is 13.2. The van der Waals surface area contributed by atoms with Gasteiger partial charge in [0.25, 0.3) is 0 Å². The minimum atomic E-state index is 0. The van der Waals surface area contributed by atoms with Crippen LogP contribution in [-0.2, 0) is 17.1 Å². The number of anilines is 1. The molecular formula is C13H10ClFeN3. The topological polar surface area (TPSA) is 54.7 Å². The zero-order valence-corrected chi connectivity index (χ0v) is 11.2. The fraction of sp³-hybridized carbons (Fsp3) is 0. The van der Waals surface area contributed by atoms with Gasteiger partial charge in [-0.1, -0.05) is 23.7 Å². The molecule has 1 heterocycles. The van der Waals surface area contributed by atoms with Gasteiger partial charge in [-0.05, 0) is 30.3 Å². The van der Waals surface area contributed by atoms with Gasteiger partial charge in [-0.2, -0.15) is 0 Å². The number of nitrogen functional groups attached to an aromatic ring is 1. The van der Waals surface area contributed by atoms with Crippen molar-refractivity contribution in [1.82, 2.24) is 9.97 Å². The van der Waals surface area contributed by atoms with Crippen LogP contribution in [0.1, 0.15) is 0 Å². The molecule has 0 atom stereocenters. The first-order valence-electron chi connectivity index (χ1n) is 5.24. The average Bonchev–Trinajstić information content (AvgIpc) is 2.75. The average molecular weight is 300 g/mol. The van der Waals surface area contributed by atoms with Crippen molar-refractivity contribution >= 4 is 28.3 Å². The fourth-order valence-electron chi connectivity index (χ4n) is 1.80. The third-order valence-corrected chi connectivity index (χ3v) is 2.96. The number of hydrogen-bond donors (Lipinski definition) is 2. The monoisotopic (exact) mass is 299 g/mol. The molecule has 18 heavy (non-hydrogen) atoms. The fourth-order valence-corrected chi connectivity index (χ4v) is 2.01. The van der Waals surface area contributed by atoms with Crippen LogP contribution in [0.3, 0.4) is 0 Å². The molecule has 3 N–H and O–H groups in total. The number of rotatable bonds is 1. The number of H-pyrrole nitrogens is 1. The van der Waals surface area contributed by atoms with Crippen LogP contribution < -0.4 is 5.73 Å². The second kappa shape index (κ2) is 5.02. The second-order valence-corrected chi connectivity index (χ2v) is 4.25. The van der Waals surface area contributed by atoms with Crippen molar-refractivity contribution in [3.63, 3.8) is 0 Å². The molecule has 5 heteroatoms. The molecule has 3 rings (SSSR count). The predicted octanol–water partition coefficient (Wildman–Crippen LogP) is 3.46. The number of fused-ring (bicyclic) bond motifs is 1. The molecule has 2 aromatic carbocycles. The Morgan fingerprint density at radius 1 is 1.11 bits per heavy atom. The quantitative estimate of drug-likeness (QED) is 0.534. The van der Waals surface area contributed by atoms with Crippen LogP contribution >= 0.6 is 11.6 Å². The molecule has 0 bridgehead atoms. The van der Waals surface area contributed by atoms with Crippen molar-refractivity contribution in [3.8, 4) is 11.4 Å². The third kappa shape index (κ3) is 2.23. The number of aromatic nitrogens is 2. The first-order chi connectivity index (χ1) is 8.24. The normalized spacial score (nSPS) is 10.3. The smallest absolute Gasteiger partial charge is 0.140 e. The summed E-state index contributed by atoms with van der Waals surface area (Å²) in [7, 11) is 0. The molecule has 0 fully saturated rings. The summed E-state index contributed by atoms with van der Waals surface area (Å²) in [4.78, 5) is 7.72. The van der Waals surface area contributed by atoms with Gasteiger partial charge in [0.05, 0.1) is 16.1 Å². The van der Waals surface area contributed by atoms with E-state index in [-0.39, 0.29) is 17.1 Å². The summed E-state index contributed by atoms with van der Waals surface area (Å²) in [6.45, 7) is 0. The number of benzene rings is 2. The van der Waals surface area contributed by atoms with E-state index in [1.807, 2.05) is 30.3 Å². The molecule has 0 saturated carbocycles. The maximum atomic E-state index is 6.14. The molecule has 3 aromatic rings. The number of para-hydroxylation sites is 2. The van der Waals surface area contributed by atoms with Gasteiger partial charge < -0.3 is 10.7 Å². The molecule has 0 saturated heterocycles. The first-order valence-corrected chi connectivity index (χ1v) is 5.62. The molecule has 0 aliphatic carbocycles. The summed E-state index contributed by atoms with van der Waals surface area (Å²) in [5, 5.41) is 0.637. The standard InChI is InChI=1S/C13H10ClN3.Fe/c14-10-6-5-8(15)7-9(10)13-16-11-3-1-2-4-12(11)17-13;/h1-7H,15H2,(H,16,17);. The molecule has 0 amide bonds. The summed E-state index contributed by atoms with van der Waals surface area (Å²) in [5.74, 6) is 0.739. The molecule has 92 valence electrons. The van der Waals surface area contributed by atoms with Crippen LogP contribution in [0.2, 0.25) is 5.02 Å². The maximum absolute atomic E-state index is 6.14. The molecular weight excluding hydrogens is 289 g/mol. The predicted molar refractivity (Wildman–Crippen MR) is 71.0 cm³/mol. The Balaban J connectivity index is 0.00000120. The van der Waals surface area contributed by atoms with E-state index in [2.05, 4.69) is 9.97 Å². The Bertz CT molecular complexity index is 661. The Hall–Kier alpha value is -1.48. The Kier molecular flexibility index (Phi) is 3.62. The number of halogens is 1. The number of nitrogens with zero attached hydrogens (tertiary/aromatic N) is 1. The third-order valence-electron chi connectivity index (χ3n) is 2.63. The number of hydrogen-bond acceptors (Lipinski definition) is 2. The molecule has 0 unspecified atom stereocenters. The van der Waals surface area contributed by atoms with Crippen LogP contribution in [0.15, 0.2) is 42.5 Å². The van der Waals surface area contributed by atoms with Gasteiger partial charge in [-0.25, -0.2) is 4.98 Å². The summed E-state index contributed by atoms with van der Waals surface area (Å²) in [5.41, 5.74) is 9.16. The zero-order valence-electron chi connectivity index (χ0n) is 9.30. The van der Waals surface area contributed by atoms with Gasteiger partial charge >= 0.3 is 0 Å². The van der Waals surface area contributed by atoms with Crippen LogP contribution in [0.5, 0.6) is 0 Å². The minimum absolute atomic E-state index is 0. The van der Waals surface area contributed by atoms with Crippen molar-refractivity contribution < 1.29 is 17.1 Å². The van der Waals surface area contributed by atoms with Crippen molar-refractivity contribution in [1.29, 1.82) is 0 Å². The van der Waals surface area contributed by atoms with Gasteiger partial charge in [0.2, 0.25) is 0 Å². The summed E-state index contributed by atoms with van der Waals surface area (Å²) < 4.78 is 0. The van der Waals surface area contributed by atoms with Gasteiger partial charge in [-0.15, -0.1) is 0 Å². The second-order valence-electron chi connectivity index (χ2n) is 3.84. The molecule has 0 spiro atoms. The van der Waals surface area contributed by atoms with Crippen molar-refractivity contribution in [2.75, 3.05) is 5.73 Å². The van der Waals surface area contributed by atoms with E-state index in [9.17, 15) is 0 Å². The Labute approximate surface area is 120 Å². The van der Waals surface area contributed by atoms with Crippen LogP contribution in [0.4, 0.5) is 5.69 Å². The Morgan fingerprint density at radius 2 is 1.89 bits per heavy atom. The zero-order chi connectivity index (χ0) is 11.8. The van der Waals surface area contributed by atoms with Crippen molar-refractivity contribution in [2.24, 2.45) is 0 Å². The SMILES string of the molecule is Nc1ccc(Cl)c(-c2nc3ccccc3[nH]2)c1.[Fe].